The second-order valence-electron chi connectivity index (χ2n) is 2.29. The summed E-state index contributed by atoms with van der Waals surface area (Å²) in [4.78, 5) is 0. The molecule has 3 heteroatoms. The van der Waals surface area contributed by atoms with Crippen molar-refractivity contribution in [3.05, 3.63) is 0 Å². The molecule has 0 radical (unpaired) electrons. The fraction of sp³-hybridized carbons (Fsp3) is 1.00. The molecule has 0 unspecified atom stereocenters. The molecular formula is C6H14ClNO. The van der Waals surface area contributed by atoms with Crippen molar-refractivity contribution in [3.63, 3.8) is 0 Å². The van der Waals surface area contributed by atoms with Crippen LogP contribution in [-0.4, -0.2) is 26.8 Å². The van der Waals surface area contributed by atoms with Crippen LogP contribution >= 0.6 is 12.4 Å². The number of hydrogen-bond donors (Lipinski definition) is 1. The summed E-state index contributed by atoms with van der Waals surface area (Å²) in [6.07, 6.45) is 1.24. The molecule has 0 spiro atoms. The van der Waals surface area contributed by atoms with Gasteiger partial charge >= 0.3 is 0 Å². The standard InChI is InChI=1S/C6H13NO.ClH/c1-7-4-6-2-3-8-5-6;/h6-7H,2-5H2,1H3;1H/t6-;/m0./s1. The van der Waals surface area contributed by atoms with Crippen molar-refractivity contribution < 1.29 is 4.74 Å². The molecule has 2 nitrogen and oxygen atoms in total. The third kappa shape index (κ3) is 3.04. The zero-order valence-corrected chi connectivity index (χ0v) is 6.54. The zero-order chi connectivity index (χ0) is 5.82. The highest BCUT2D eigenvalue weighted by atomic mass is 35.5. The van der Waals surface area contributed by atoms with Crippen molar-refractivity contribution in [3.8, 4) is 0 Å². The second-order valence-corrected chi connectivity index (χ2v) is 2.29. The molecule has 1 heterocycles. The number of hydrogen-bond acceptors (Lipinski definition) is 2. The van der Waals surface area contributed by atoms with Gasteiger partial charge in [-0.15, -0.1) is 12.4 Å². The van der Waals surface area contributed by atoms with Crippen LogP contribution < -0.4 is 5.32 Å². The maximum atomic E-state index is 5.17. The maximum Gasteiger partial charge on any atom is 0.0507 e. The molecule has 56 valence electrons. The molecule has 0 saturated carbocycles. The Bertz CT molecular complexity index is 64.1. The lowest BCUT2D eigenvalue weighted by molar-refractivity contribution is 0.185. The van der Waals surface area contributed by atoms with Gasteiger partial charge in [0.25, 0.3) is 0 Å². The molecule has 1 aliphatic rings. The Morgan fingerprint density at radius 2 is 2.44 bits per heavy atom. The van der Waals surface area contributed by atoms with Crippen LogP contribution in [0.5, 0.6) is 0 Å². The van der Waals surface area contributed by atoms with Gasteiger partial charge in [-0.3, -0.25) is 0 Å². The van der Waals surface area contributed by atoms with E-state index < -0.39 is 0 Å². The summed E-state index contributed by atoms with van der Waals surface area (Å²) in [7, 11) is 1.98. The van der Waals surface area contributed by atoms with E-state index in [-0.39, 0.29) is 12.4 Å². The quantitative estimate of drug-likeness (QED) is 0.627. The second kappa shape index (κ2) is 5.03. The molecule has 1 N–H and O–H groups in total. The van der Waals surface area contributed by atoms with Gasteiger partial charge in [-0.1, -0.05) is 0 Å². The molecule has 9 heavy (non-hydrogen) atoms. The van der Waals surface area contributed by atoms with E-state index in [0.29, 0.717) is 0 Å². The predicted molar refractivity (Wildman–Crippen MR) is 40.1 cm³/mol. The van der Waals surface area contributed by atoms with Crippen LogP contribution in [0.25, 0.3) is 0 Å². The average Bonchev–Trinajstić information content (AvgIpc) is 2.19. The molecule has 1 fully saturated rings. The minimum absolute atomic E-state index is 0. The molecule has 0 aliphatic carbocycles. The first-order valence-corrected chi connectivity index (χ1v) is 3.16. The third-order valence-electron chi connectivity index (χ3n) is 1.52. The van der Waals surface area contributed by atoms with E-state index in [2.05, 4.69) is 5.32 Å². The van der Waals surface area contributed by atoms with Crippen molar-refractivity contribution >= 4 is 12.4 Å². The van der Waals surface area contributed by atoms with Crippen LogP contribution in [0.2, 0.25) is 0 Å². The topological polar surface area (TPSA) is 21.3 Å². The van der Waals surface area contributed by atoms with Gasteiger partial charge < -0.3 is 10.1 Å². The van der Waals surface area contributed by atoms with Crippen molar-refractivity contribution in [1.29, 1.82) is 0 Å². The lowest BCUT2D eigenvalue weighted by Gasteiger charge is -2.03. The molecular weight excluding hydrogens is 138 g/mol. The molecule has 1 aliphatic heterocycles. The molecule has 1 rings (SSSR count). The van der Waals surface area contributed by atoms with Crippen LogP contribution in [0, 0.1) is 5.92 Å². The van der Waals surface area contributed by atoms with Crippen LogP contribution in [0.3, 0.4) is 0 Å². The monoisotopic (exact) mass is 151 g/mol. The summed E-state index contributed by atoms with van der Waals surface area (Å²) in [5, 5.41) is 3.13. The van der Waals surface area contributed by atoms with Crippen molar-refractivity contribution in [2.75, 3.05) is 26.8 Å². The normalized spacial score (nSPS) is 25.7. The summed E-state index contributed by atoms with van der Waals surface area (Å²) in [5.41, 5.74) is 0. The van der Waals surface area contributed by atoms with E-state index in [9.17, 15) is 0 Å². The fourth-order valence-corrected chi connectivity index (χ4v) is 1.03. The SMILES string of the molecule is CNC[C@@H]1CCOC1.Cl. The lowest BCUT2D eigenvalue weighted by atomic mass is 10.1. The largest absolute Gasteiger partial charge is 0.381 e. The Hall–Kier alpha value is 0.210. The maximum absolute atomic E-state index is 5.17. The Kier molecular flexibility index (Phi) is 5.15. The Morgan fingerprint density at radius 3 is 2.89 bits per heavy atom. The van der Waals surface area contributed by atoms with E-state index in [0.717, 1.165) is 25.7 Å². The number of nitrogens with one attached hydrogen (secondary N) is 1. The minimum Gasteiger partial charge on any atom is -0.381 e. The summed E-state index contributed by atoms with van der Waals surface area (Å²) in [5.74, 6) is 0.778. The number of rotatable bonds is 2. The molecule has 1 saturated heterocycles. The highest BCUT2D eigenvalue weighted by Crippen LogP contribution is 2.09. The van der Waals surface area contributed by atoms with E-state index in [1.54, 1.807) is 0 Å². The first kappa shape index (κ1) is 9.21. The highest BCUT2D eigenvalue weighted by Gasteiger charge is 2.13. The van der Waals surface area contributed by atoms with Crippen LogP contribution in [-0.2, 0) is 4.74 Å². The smallest absolute Gasteiger partial charge is 0.0507 e. The van der Waals surface area contributed by atoms with Gasteiger partial charge in [0.2, 0.25) is 0 Å². The predicted octanol–water partition coefficient (Wildman–Crippen LogP) is 0.664. The van der Waals surface area contributed by atoms with Gasteiger partial charge in [0, 0.05) is 6.61 Å². The first-order valence-electron chi connectivity index (χ1n) is 3.16. The Balaban J connectivity index is 0.000000640. The van der Waals surface area contributed by atoms with Gasteiger partial charge in [-0.2, -0.15) is 0 Å². The van der Waals surface area contributed by atoms with Crippen LogP contribution in [0.1, 0.15) is 6.42 Å². The summed E-state index contributed by atoms with van der Waals surface area (Å²) in [6.45, 7) is 3.03. The van der Waals surface area contributed by atoms with Crippen molar-refractivity contribution in [1.82, 2.24) is 5.32 Å². The van der Waals surface area contributed by atoms with Crippen LogP contribution in [0.4, 0.5) is 0 Å². The molecule has 0 amide bonds. The van der Waals surface area contributed by atoms with Gasteiger partial charge in [0.1, 0.15) is 0 Å². The van der Waals surface area contributed by atoms with Crippen LogP contribution in [0.15, 0.2) is 0 Å². The highest BCUT2D eigenvalue weighted by molar-refractivity contribution is 5.85. The van der Waals surface area contributed by atoms with Gasteiger partial charge in [-0.25, -0.2) is 0 Å². The lowest BCUT2D eigenvalue weighted by Crippen LogP contribution is -2.18. The molecule has 0 aromatic heterocycles. The van der Waals surface area contributed by atoms with E-state index in [1.165, 1.54) is 6.42 Å². The molecule has 0 aromatic rings. The fourth-order valence-electron chi connectivity index (χ4n) is 1.03. The molecule has 0 bridgehead atoms. The summed E-state index contributed by atoms with van der Waals surface area (Å²) < 4.78 is 5.17. The van der Waals surface area contributed by atoms with Gasteiger partial charge in [-0.05, 0) is 25.9 Å². The third-order valence-corrected chi connectivity index (χ3v) is 1.52. The molecule has 0 aromatic carbocycles. The molecule has 1 atom stereocenters. The first-order chi connectivity index (χ1) is 3.93. The van der Waals surface area contributed by atoms with E-state index in [4.69, 9.17) is 4.74 Å². The minimum atomic E-state index is 0. The van der Waals surface area contributed by atoms with Crippen molar-refractivity contribution in [2.24, 2.45) is 5.92 Å². The Morgan fingerprint density at radius 1 is 1.67 bits per heavy atom. The van der Waals surface area contributed by atoms with Crippen molar-refractivity contribution in [2.45, 2.75) is 6.42 Å². The average molecular weight is 152 g/mol. The number of ether oxygens (including phenoxy) is 1. The van der Waals surface area contributed by atoms with Gasteiger partial charge in [0.15, 0.2) is 0 Å². The van der Waals surface area contributed by atoms with E-state index in [1.807, 2.05) is 7.05 Å². The summed E-state index contributed by atoms with van der Waals surface area (Å²) >= 11 is 0. The Labute approximate surface area is 62.4 Å². The number of halogens is 1. The van der Waals surface area contributed by atoms with E-state index >= 15 is 0 Å². The zero-order valence-electron chi connectivity index (χ0n) is 5.72. The summed E-state index contributed by atoms with van der Waals surface area (Å²) in [6, 6.07) is 0. The van der Waals surface area contributed by atoms with Gasteiger partial charge in [0.05, 0.1) is 6.61 Å².